The summed E-state index contributed by atoms with van der Waals surface area (Å²) in [5.41, 5.74) is 0.919. The number of ether oxygens (including phenoxy) is 1. The Bertz CT molecular complexity index is 693. The molecule has 0 radical (unpaired) electrons. The summed E-state index contributed by atoms with van der Waals surface area (Å²) in [4.78, 5) is 7.58. The van der Waals surface area contributed by atoms with Crippen molar-refractivity contribution >= 4 is 21.6 Å². The first-order chi connectivity index (χ1) is 10.4. The topological polar surface area (TPSA) is 72.4 Å². The highest BCUT2D eigenvalue weighted by Gasteiger charge is 2.17. The van der Waals surface area contributed by atoms with Crippen LogP contribution in [0.15, 0.2) is 42.7 Å². The SMILES string of the molecule is CS(=O)(=O)N(CCOc1cnc(Cl)nc1)Cc1ccccc1. The molecule has 1 aromatic heterocycles. The van der Waals surface area contributed by atoms with Crippen molar-refractivity contribution in [1.82, 2.24) is 14.3 Å². The van der Waals surface area contributed by atoms with Gasteiger partial charge in [0.05, 0.1) is 18.6 Å². The molecular formula is C14H16ClN3O3S. The van der Waals surface area contributed by atoms with E-state index in [9.17, 15) is 8.42 Å². The molecule has 0 bridgehead atoms. The van der Waals surface area contributed by atoms with E-state index < -0.39 is 10.0 Å². The third-order valence-electron chi connectivity index (χ3n) is 2.88. The lowest BCUT2D eigenvalue weighted by molar-refractivity contribution is 0.269. The summed E-state index contributed by atoms with van der Waals surface area (Å²) in [6.07, 6.45) is 4.07. The van der Waals surface area contributed by atoms with Gasteiger partial charge in [0.2, 0.25) is 15.3 Å². The zero-order valence-electron chi connectivity index (χ0n) is 12.0. The van der Waals surface area contributed by atoms with Gasteiger partial charge >= 0.3 is 0 Å². The second-order valence-electron chi connectivity index (χ2n) is 4.62. The van der Waals surface area contributed by atoms with E-state index >= 15 is 0 Å². The summed E-state index contributed by atoms with van der Waals surface area (Å²) in [5, 5.41) is 0.134. The fraction of sp³-hybridized carbons (Fsp3) is 0.286. The highest BCUT2D eigenvalue weighted by Crippen LogP contribution is 2.11. The number of benzene rings is 1. The molecule has 8 heteroatoms. The van der Waals surface area contributed by atoms with Gasteiger partial charge in [0.25, 0.3) is 0 Å². The lowest BCUT2D eigenvalue weighted by Crippen LogP contribution is -2.33. The zero-order valence-corrected chi connectivity index (χ0v) is 13.6. The van der Waals surface area contributed by atoms with Gasteiger partial charge in [-0.3, -0.25) is 0 Å². The molecule has 0 fully saturated rings. The molecule has 0 N–H and O–H groups in total. The van der Waals surface area contributed by atoms with Crippen molar-refractivity contribution in [3.05, 3.63) is 53.6 Å². The van der Waals surface area contributed by atoms with E-state index in [1.54, 1.807) is 0 Å². The Morgan fingerprint density at radius 3 is 2.41 bits per heavy atom. The normalized spacial score (nSPS) is 11.6. The summed E-state index contributed by atoms with van der Waals surface area (Å²) in [7, 11) is -3.32. The Morgan fingerprint density at radius 2 is 1.82 bits per heavy atom. The summed E-state index contributed by atoms with van der Waals surface area (Å²) in [6.45, 7) is 0.738. The Hall–Kier alpha value is -1.70. The number of aromatic nitrogens is 2. The first-order valence-corrected chi connectivity index (χ1v) is 8.77. The first-order valence-electron chi connectivity index (χ1n) is 6.54. The molecular weight excluding hydrogens is 326 g/mol. The fourth-order valence-corrected chi connectivity index (χ4v) is 2.68. The van der Waals surface area contributed by atoms with Crippen molar-refractivity contribution in [3.8, 4) is 5.75 Å². The van der Waals surface area contributed by atoms with Crippen molar-refractivity contribution in [2.24, 2.45) is 0 Å². The lowest BCUT2D eigenvalue weighted by Gasteiger charge is -2.20. The summed E-state index contributed by atoms with van der Waals surface area (Å²) in [6, 6.07) is 9.39. The minimum absolute atomic E-state index is 0.134. The minimum Gasteiger partial charge on any atom is -0.489 e. The standard InChI is InChI=1S/C14H16ClN3O3S/c1-22(19,20)18(11-12-5-3-2-4-6-12)7-8-21-13-9-16-14(15)17-10-13/h2-6,9-10H,7-8,11H2,1H3. The lowest BCUT2D eigenvalue weighted by atomic mass is 10.2. The number of rotatable bonds is 7. The predicted molar refractivity (Wildman–Crippen MR) is 84.2 cm³/mol. The zero-order chi connectivity index (χ0) is 16.0. The van der Waals surface area contributed by atoms with Crippen LogP contribution in [0.3, 0.4) is 0 Å². The van der Waals surface area contributed by atoms with Crippen LogP contribution in [0.25, 0.3) is 0 Å². The Kier molecular flexibility index (Phi) is 5.70. The van der Waals surface area contributed by atoms with Gasteiger partial charge in [-0.1, -0.05) is 30.3 Å². The van der Waals surface area contributed by atoms with E-state index in [-0.39, 0.29) is 18.4 Å². The van der Waals surface area contributed by atoms with Crippen molar-refractivity contribution in [3.63, 3.8) is 0 Å². The van der Waals surface area contributed by atoms with Crippen molar-refractivity contribution in [1.29, 1.82) is 0 Å². The highest BCUT2D eigenvalue weighted by atomic mass is 35.5. The van der Waals surface area contributed by atoms with Crippen LogP contribution < -0.4 is 4.74 Å². The number of halogens is 1. The molecule has 22 heavy (non-hydrogen) atoms. The maximum atomic E-state index is 11.9. The van der Waals surface area contributed by atoms with Crippen LogP contribution >= 0.6 is 11.6 Å². The minimum atomic E-state index is -3.32. The second kappa shape index (κ2) is 7.53. The van der Waals surface area contributed by atoms with Crippen LogP contribution in [0, 0.1) is 0 Å². The van der Waals surface area contributed by atoms with Gasteiger partial charge in [0.1, 0.15) is 6.61 Å². The van der Waals surface area contributed by atoms with E-state index in [0.29, 0.717) is 12.3 Å². The molecule has 118 valence electrons. The average molecular weight is 342 g/mol. The Morgan fingerprint density at radius 1 is 1.18 bits per heavy atom. The third-order valence-corrected chi connectivity index (χ3v) is 4.32. The molecule has 0 amide bonds. The first kappa shape index (κ1) is 16.7. The molecule has 0 unspecified atom stereocenters. The van der Waals surface area contributed by atoms with Crippen LogP contribution in [0.1, 0.15) is 5.56 Å². The van der Waals surface area contributed by atoms with Gasteiger partial charge in [-0.25, -0.2) is 18.4 Å². The molecule has 1 aromatic carbocycles. The van der Waals surface area contributed by atoms with Crippen molar-refractivity contribution < 1.29 is 13.2 Å². The molecule has 2 aromatic rings. The summed E-state index contributed by atoms with van der Waals surface area (Å²) in [5.74, 6) is 0.442. The largest absolute Gasteiger partial charge is 0.489 e. The van der Waals surface area contributed by atoms with Crippen molar-refractivity contribution in [2.75, 3.05) is 19.4 Å². The van der Waals surface area contributed by atoms with Crippen LogP contribution in [0.4, 0.5) is 0 Å². The molecule has 0 saturated carbocycles. The maximum absolute atomic E-state index is 11.9. The number of sulfonamides is 1. The number of nitrogens with zero attached hydrogens (tertiary/aromatic N) is 3. The van der Waals surface area contributed by atoms with Gasteiger partial charge < -0.3 is 4.74 Å². The molecule has 6 nitrogen and oxygen atoms in total. The van der Waals surface area contributed by atoms with Gasteiger partial charge in [0.15, 0.2) is 5.75 Å². The maximum Gasteiger partial charge on any atom is 0.222 e. The average Bonchev–Trinajstić information content (AvgIpc) is 2.48. The van der Waals surface area contributed by atoms with E-state index in [4.69, 9.17) is 16.3 Å². The van der Waals surface area contributed by atoms with Gasteiger partial charge in [0, 0.05) is 13.1 Å². The monoisotopic (exact) mass is 341 g/mol. The molecule has 0 saturated heterocycles. The van der Waals surface area contributed by atoms with E-state index in [1.807, 2.05) is 30.3 Å². The van der Waals surface area contributed by atoms with Gasteiger partial charge in [-0.15, -0.1) is 0 Å². The quantitative estimate of drug-likeness (QED) is 0.720. The molecule has 0 aliphatic rings. The smallest absolute Gasteiger partial charge is 0.222 e. The second-order valence-corrected chi connectivity index (χ2v) is 6.94. The van der Waals surface area contributed by atoms with E-state index in [0.717, 1.165) is 5.56 Å². The molecule has 2 rings (SSSR count). The number of hydrogen-bond donors (Lipinski definition) is 0. The summed E-state index contributed by atoms with van der Waals surface area (Å²) >= 11 is 5.58. The van der Waals surface area contributed by atoms with Crippen molar-refractivity contribution in [2.45, 2.75) is 6.54 Å². The Labute approximate surface area is 134 Å². The predicted octanol–water partition coefficient (Wildman–Crippen LogP) is 1.97. The molecule has 1 heterocycles. The Balaban J connectivity index is 1.94. The van der Waals surface area contributed by atoms with Gasteiger partial charge in [-0.2, -0.15) is 4.31 Å². The molecule has 0 atom stereocenters. The fourth-order valence-electron chi connectivity index (χ4n) is 1.79. The van der Waals surface area contributed by atoms with Crippen LogP contribution in [-0.2, 0) is 16.6 Å². The van der Waals surface area contributed by atoms with Crippen LogP contribution in [0.5, 0.6) is 5.75 Å². The molecule has 0 spiro atoms. The van der Waals surface area contributed by atoms with Gasteiger partial charge in [-0.05, 0) is 17.2 Å². The van der Waals surface area contributed by atoms with E-state index in [2.05, 4.69) is 9.97 Å². The van der Waals surface area contributed by atoms with E-state index in [1.165, 1.54) is 23.0 Å². The van der Waals surface area contributed by atoms with Crippen LogP contribution in [-0.4, -0.2) is 42.1 Å². The molecule has 0 aliphatic heterocycles. The summed E-state index contributed by atoms with van der Waals surface area (Å²) < 4.78 is 30.5. The third kappa shape index (κ3) is 5.25. The molecule has 0 aliphatic carbocycles. The highest BCUT2D eigenvalue weighted by molar-refractivity contribution is 7.88. The number of hydrogen-bond acceptors (Lipinski definition) is 5. The van der Waals surface area contributed by atoms with Crippen LogP contribution in [0.2, 0.25) is 5.28 Å².